The predicted octanol–water partition coefficient (Wildman–Crippen LogP) is 10.6. The zero-order valence-electron chi connectivity index (χ0n) is 50.4. The zero-order valence-corrected chi connectivity index (χ0v) is 52.0. The van der Waals surface area contributed by atoms with Gasteiger partial charge >= 0.3 is 12.2 Å². The van der Waals surface area contributed by atoms with Crippen molar-refractivity contribution in [3.63, 3.8) is 0 Å². The maximum absolute atomic E-state index is 12.9. The fraction of sp³-hybridized carbons (Fsp3) is 0.333. The van der Waals surface area contributed by atoms with Crippen LogP contribution < -0.4 is 40.2 Å². The van der Waals surface area contributed by atoms with Gasteiger partial charge in [0.05, 0.1) is 24.0 Å². The maximum atomic E-state index is 12.9. The van der Waals surface area contributed by atoms with Crippen molar-refractivity contribution >= 4 is 77.2 Å². The summed E-state index contributed by atoms with van der Waals surface area (Å²) in [7, 11) is -1.17. The quantitative estimate of drug-likeness (QED) is 0.0526. The molecule has 2 saturated carbocycles. The number of hydrogen-bond donors (Lipinski definition) is 6. The molecule has 22 heteroatoms. The summed E-state index contributed by atoms with van der Waals surface area (Å²) in [5.41, 5.74) is 8.29. The first-order valence-electron chi connectivity index (χ1n) is 29.4. The summed E-state index contributed by atoms with van der Waals surface area (Å²) in [6, 6.07) is 34.1. The van der Waals surface area contributed by atoms with E-state index in [2.05, 4.69) is 30.7 Å². The average molecular weight is 1240 g/mol. The fourth-order valence-corrected chi connectivity index (χ4v) is 13.7. The molecule has 20 nitrogen and oxygen atoms in total. The number of benzene rings is 6. The molecule has 2 aliphatic carbocycles. The van der Waals surface area contributed by atoms with E-state index in [-0.39, 0.29) is 33.1 Å². The number of fused-ring (bicyclic) bond motifs is 2. The lowest BCUT2D eigenvalue weighted by molar-refractivity contribution is 0.0972. The van der Waals surface area contributed by atoms with Crippen molar-refractivity contribution in [3.8, 4) is 11.5 Å². The molecule has 3 aliphatic rings. The predicted molar refractivity (Wildman–Crippen MR) is 340 cm³/mol. The highest BCUT2D eigenvalue weighted by Gasteiger charge is 2.25. The number of anilines is 2. The van der Waals surface area contributed by atoms with Crippen LogP contribution in [-0.4, -0.2) is 103 Å². The molecule has 1 aliphatic heterocycles. The van der Waals surface area contributed by atoms with Gasteiger partial charge in [-0.15, -0.1) is 0 Å². The number of rotatable bonds is 16. The summed E-state index contributed by atoms with van der Waals surface area (Å²) < 4.78 is 81.8. The SMILES string of the molecule is C1CNCCN1.COc1cc(C(=O)NS(=O)(=O)c2ccccc2C)ccc1Cc1cn(C)c2ccc(NC(=O)OC3CCCC3)cc12.COc1cc(C(=O)NS(=O)(=O)c2ccccc2C)ccc1Cc1cn(C)c2ccc(NC(=O)OC3CCCC3)cc12. The molecule has 464 valence electrons. The normalized spacial score (nSPS) is 14.4. The van der Waals surface area contributed by atoms with E-state index < -0.39 is 44.0 Å². The first-order valence-corrected chi connectivity index (χ1v) is 32.4. The number of sulfonamides is 2. The van der Waals surface area contributed by atoms with Crippen LogP contribution in [0.5, 0.6) is 11.5 Å². The van der Waals surface area contributed by atoms with E-state index in [1.807, 2.05) is 72.0 Å². The van der Waals surface area contributed by atoms with Gasteiger partial charge in [-0.3, -0.25) is 20.2 Å². The summed E-state index contributed by atoms with van der Waals surface area (Å²) >= 11 is 0. The third-order valence-corrected chi connectivity index (χ3v) is 18.8. The largest absolute Gasteiger partial charge is 0.496 e. The molecule has 2 aromatic heterocycles. The molecule has 0 spiro atoms. The minimum atomic E-state index is -4.04. The van der Waals surface area contributed by atoms with Crippen LogP contribution in [-0.2, 0) is 56.5 Å². The summed E-state index contributed by atoms with van der Waals surface area (Å²) in [4.78, 5) is 50.7. The van der Waals surface area contributed by atoms with Crippen LogP contribution in [0.25, 0.3) is 21.8 Å². The Morgan fingerprint density at radius 2 is 0.875 bits per heavy atom. The van der Waals surface area contributed by atoms with Gasteiger partial charge in [0.25, 0.3) is 31.9 Å². The third-order valence-electron chi connectivity index (χ3n) is 15.8. The summed E-state index contributed by atoms with van der Waals surface area (Å²) in [6.07, 6.45) is 12.0. The Hall–Kier alpha value is -8.70. The monoisotopic (exact) mass is 1240 g/mol. The van der Waals surface area contributed by atoms with Crippen LogP contribution in [0.1, 0.15) is 105 Å². The van der Waals surface area contributed by atoms with E-state index in [1.165, 1.54) is 38.5 Å². The highest BCUT2D eigenvalue weighted by molar-refractivity contribution is 7.90. The van der Waals surface area contributed by atoms with E-state index in [0.29, 0.717) is 46.8 Å². The van der Waals surface area contributed by atoms with Crippen molar-refractivity contribution in [1.29, 1.82) is 0 Å². The molecule has 6 aromatic carbocycles. The first kappa shape index (κ1) is 63.8. The number of piperazine rings is 1. The van der Waals surface area contributed by atoms with Crippen LogP contribution in [0.2, 0.25) is 0 Å². The maximum Gasteiger partial charge on any atom is 0.411 e. The molecule has 4 amide bonds. The van der Waals surface area contributed by atoms with Gasteiger partial charge in [0.1, 0.15) is 23.7 Å². The van der Waals surface area contributed by atoms with E-state index >= 15 is 0 Å². The number of carbonyl (C=O) groups excluding carboxylic acids is 4. The van der Waals surface area contributed by atoms with Crippen LogP contribution in [0.3, 0.4) is 0 Å². The Labute approximate surface area is 513 Å². The lowest BCUT2D eigenvalue weighted by atomic mass is 10.0. The van der Waals surface area contributed by atoms with Crippen molar-refractivity contribution in [2.75, 3.05) is 51.0 Å². The van der Waals surface area contributed by atoms with Crippen molar-refractivity contribution in [3.05, 3.63) is 178 Å². The highest BCUT2D eigenvalue weighted by Crippen LogP contribution is 2.33. The Morgan fingerprint density at radius 1 is 0.500 bits per heavy atom. The van der Waals surface area contributed by atoms with Gasteiger partial charge in [0.2, 0.25) is 0 Å². The Balaban J connectivity index is 0.000000191. The summed E-state index contributed by atoms with van der Waals surface area (Å²) in [6.45, 7) is 7.90. The second kappa shape index (κ2) is 28.9. The number of ether oxygens (including phenoxy) is 4. The van der Waals surface area contributed by atoms with Gasteiger partial charge in [-0.2, -0.15) is 0 Å². The lowest BCUT2D eigenvalue weighted by Crippen LogP contribution is -2.39. The van der Waals surface area contributed by atoms with Gasteiger partial charge in [-0.05, 0) is 171 Å². The molecule has 3 fully saturated rings. The Bertz CT molecular complexity index is 3800. The number of carbonyl (C=O) groups is 4. The standard InChI is InChI=1S/2C31H33N3O6S.C4H10N2/c2*1-20-8-4-7-11-29(20)41(37,38)33-30(35)22-13-12-21(28(17-22)39-3)16-23-19-34(2)27-15-14-24(18-26(23)27)32-31(36)40-25-9-5-6-10-25;1-2-6-4-3-5-1/h2*4,7-8,11-15,17-19,25H,5-6,9-10,16H2,1-3H3,(H,32,36)(H,33,35);5-6H,1-4H2. The number of aromatic nitrogens is 2. The molecule has 0 atom stereocenters. The molecule has 0 radical (unpaired) electrons. The second-order valence-corrected chi connectivity index (χ2v) is 25.5. The van der Waals surface area contributed by atoms with Crippen LogP contribution in [0, 0.1) is 13.8 Å². The van der Waals surface area contributed by atoms with Gasteiger partial charge < -0.3 is 38.7 Å². The third kappa shape index (κ3) is 16.1. The number of aryl methyl sites for hydroxylation is 4. The van der Waals surface area contributed by atoms with E-state index in [9.17, 15) is 36.0 Å². The van der Waals surface area contributed by atoms with E-state index in [0.717, 1.165) is 122 Å². The average Bonchev–Trinajstić information content (AvgIpc) is 2.54. The van der Waals surface area contributed by atoms with Crippen molar-refractivity contribution in [2.24, 2.45) is 14.1 Å². The molecular weight excluding hydrogens is 1160 g/mol. The second-order valence-electron chi connectivity index (χ2n) is 22.2. The van der Waals surface area contributed by atoms with Crippen molar-refractivity contribution in [2.45, 2.75) is 100 Å². The number of amides is 4. The molecule has 1 saturated heterocycles. The van der Waals surface area contributed by atoms with Gasteiger partial charge in [0.15, 0.2) is 0 Å². The lowest BCUT2D eigenvalue weighted by Gasteiger charge is -2.13. The molecule has 6 N–H and O–H groups in total. The fourth-order valence-electron chi connectivity index (χ4n) is 11.3. The topological polar surface area (TPSA) is 256 Å². The smallest absolute Gasteiger partial charge is 0.411 e. The van der Waals surface area contributed by atoms with Gasteiger partial charge in [-0.1, -0.05) is 48.5 Å². The molecule has 0 unspecified atom stereocenters. The van der Waals surface area contributed by atoms with Crippen molar-refractivity contribution in [1.82, 2.24) is 29.2 Å². The van der Waals surface area contributed by atoms with Crippen LogP contribution in [0.4, 0.5) is 21.0 Å². The van der Waals surface area contributed by atoms with E-state index in [1.54, 1.807) is 74.5 Å². The van der Waals surface area contributed by atoms with Gasteiger partial charge in [0, 0.05) is 110 Å². The molecular formula is C66H76N8O12S2. The van der Waals surface area contributed by atoms with Crippen LogP contribution in [0.15, 0.2) is 144 Å². The Morgan fingerprint density at radius 3 is 1.23 bits per heavy atom. The number of nitrogens with zero attached hydrogens (tertiary/aromatic N) is 2. The molecule has 88 heavy (non-hydrogen) atoms. The molecule has 3 heterocycles. The highest BCUT2D eigenvalue weighted by atomic mass is 32.2. The Kier molecular flexibility index (Phi) is 20.9. The van der Waals surface area contributed by atoms with E-state index in [4.69, 9.17) is 18.9 Å². The van der Waals surface area contributed by atoms with Crippen LogP contribution >= 0.6 is 0 Å². The molecule has 0 bridgehead atoms. The minimum Gasteiger partial charge on any atom is -0.496 e. The number of hydrogen-bond acceptors (Lipinski definition) is 14. The first-order chi connectivity index (χ1) is 42.3. The summed E-state index contributed by atoms with van der Waals surface area (Å²) in [5.74, 6) is -0.582. The number of nitrogens with one attached hydrogen (secondary N) is 6. The minimum absolute atomic E-state index is 0.0221. The van der Waals surface area contributed by atoms with Gasteiger partial charge in [-0.25, -0.2) is 35.9 Å². The zero-order chi connectivity index (χ0) is 62.5. The van der Waals surface area contributed by atoms with Crippen molar-refractivity contribution < 1.29 is 55.0 Å². The molecule has 8 aromatic rings. The summed E-state index contributed by atoms with van der Waals surface area (Å²) in [5, 5.41) is 14.1. The number of methoxy groups -OCH3 is 2. The molecule has 11 rings (SSSR count).